The highest BCUT2D eigenvalue weighted by Gasteiger charge is 2.19. The third-order valence-corrected chi connectivity index (χ3v) is 2.88. The van der Waals surface area contributed by atoms with E-state index >= 15 is 0 Å². The van der Waals surface area contributed by atoms with Crippen molar-refractivity contribution in [3.05, 3.63) is 35.4 Å². The Bertz CT molecular complexity index is 392. The fourth-order valence-electron chi connectivity index (χ4n) is 2.04. The van der Waals surface area contributed by atoms with Gasteiger partial charge in [-0.2, -0.15) is 0 Å². The highest BCUT2D eigenvalue weighted by molar-refractivity contribution is 5.66. The van der Waals surface area contributed by atoms with E-state index in [0.29, 0.717) is 13.0 Å². The third-order valence-electron chi connectivity index (χ3n) is 2.88. The largest absolute Gasteiger partial charge is 0.481 e. The Morgan fingerprint density at radius 1 is 1.47 bits per heavy atom. The van der Waals surface area contributed by atoms with Crippen LogP contribution in [-0.2, 0) is 16.0 Å². The molecule has 1 aromatic carbocycles. The van der Waals surface area contributed by atoms with Crippen molar-refractivity contribution in [2.24, 2.45) is 0 Å². The van der Waals surface area contributed by atoms with Gasteiger partial charge in [0.05, 0.1) is 0 Å². The van der Waals surface area contributed by atoms with E-state index in [0.717, 1.165) is 13.0 Å². The summed E-state index contributed by atoms with van der Waals surface area (Å²) in [5.41, 5.74) is 2.49. The van der Waals surface area contributed by atoms with Crippen LogP contribution in [0.2, 0.25) is 0 Å². The first kappa shape index (κ1) is 12.1. The second kappa shape index (κ2) is 5.80. The van der Waals surface area contributed by atoms with Crippen LogP contribution in [0.1, 0.15) is 30.2 Å². The van der Waals surface area contributed by atoms with Gasteiger partial charge in [0, 0.05) is 19.6 Å². The summed E-state index contributed by atoms with van der Waals surface area (Å²) in [6, 6.07) is 8.21. The highest BCUT2D eigenvalue weighted by atomic mass is 16.5. The van der Waals surface area contributed by atoms with E-state index in [4.69, 9.17) is 9.84 Å². The number of hydrogen-bond donors (Lipinski definition) is 2. The normalized spacial score (nSPS) is 18.7. The van der Waals surface area contributed by atoms with Gasteiger partial charge >= 0.3 is 5.97 Å². The molecular weight excluding hydrogens is 218 g/mol. The van der Waals surface area contributed by atoms with Crippen molar-refractivity contribution in [3.63, 3.8) is 0 Å². The molecule has 0 radical (unpaired) electrons. The van der Waals surface area contributed by atoms with Crippen LogP contribution in [0, 0.1) is 0 Å². The van der Waals surface area contributed by atoms with E-state index in [1.165, 1.54) is 11.1 Å². The van der Waals surface area contributed by atoms with E-state index in [1.807, 2.05) is 12.1 Å². The minimum atomic E-state index is -0.773. The number of nitrogens with one attached hydrogen (secondary N) is 1. The molecule has 1 atom stereocenters. The zero-order chi connectivity index (χ0) is 12.1. The van der Waals surface area contributed by atoms with Crippen LogP contribution >= 0.6 is 0 Å². The first-order valence-electron chi connectivity index (χ1n) is 5.92. The van der Waals surface area contributed by atoms with E-state index < -0.39 is 5.97 Å². The Kier molecular flexibility index (Phi) is 4.12. The van der Waals surface area contributed by atoms with Gasteiger partial charge in [0.1, 0.15) is 6.23 Å². The number of carboxylic acid groups (broad SMARTS) is 1. The van der Waals surface area contributed by atoms with Crippen LogP contribution in [0.3, 0.4) is 0 Å². The summed E-state index contributed by atoms with van der Waals surface area (Å²) in [7, 11) is 0. The van der Waals surface area contributed by atoms with Crippen molar-refractivity contribution < 1.29 is 14.6 Å². The lowest BCUT2D eigenvalue weighted by molar-refractivity contribution is -0.137. The molecule has 0 spiro atoms. The van der Waals surface area contributed by atoms with E-state index in [9.17, 15) is 4.79 Å². The average molecular weight is 235 g/mol. The number of carboxylic acids is 1. The van der Waals surface area contributed by atoms with Gasteiger partial charge in [0.2, 0.25) is 0 Å². The maximum Gasteiger partial charge on any atom is 0.303 e. The number of aliphatic carboxylic acids is 1. The van der Waals surface area contributed by atoms with Gasteiger partial charge < -0.3 is 9.84 Å². The monoisotopic (exact) mass is 235 g/mol. The van der Waals surface area contributed by atoms with Gasteiger partial charge in [0.25, 0.3) is 0 Å². The summed E-state index contributed by atoms with van der Waals surface area (Å²) in [6.45, 7) is 1.37. The summed E-state index contributed by atoms with van der Waals surface area (Å²) in [5, 5.41) is 11.8. The molecule has 17 heavy (non-hydrogen) atoms. The summed E-state index contributed by atoms with van der Waals surface area (Å²) in [6.07, 6.45) is 1.64. The fourth-order valence-corrected chi connectivity index (χ4v) is 2.04. The standard InChI is InChI=1S/C13H17NO3/c15-12(16)6-3-9-17-13-11-5-2-1-4-10(11)7-8-14-13/h1-2,4-5,13-14H,3,6-9H2,(H,15,16). The quantitative estimate of drug-likeness (QED) is 0.763. The molecule has 1 aliphatic heterocycles. The number of rotatable bonds is 5. The van der Waals surface area contributed by atoms with Crippen LogP contribution in [0.5, 0.6) is 0 Å². The molecule has 1 unspecified atom stereocenters. The Morgan fingerprint density at radius 3 is 3.12 bits per heavy atom. The molecule has 0 aliphatic carbocycles. The van der Waals surface area contributed by atoms with E-state index in [2.05, 4.69) is 17.4 Å². The summed E-state index contributed by atoms with van der Waals surface area (Å²) >= 11 is 0. The smallest absolute Gasteiger partial charge is 0.303 e. The third kappa shape index (κ3) is 3.28. The highest BCUT2D eigenvalue weighted by Crippen LogP contribution is 2.23. The van der Waals surface area contributed by atoms with Crippen LogP contribution in [0.15, 0.2) is 24.3 Å². The number of benzene rings is 1. The zero-order valence-corrected chi connectivity index (χ0v) is 9.69. The molecule has 1 aliphatic rings. The molecule has 2 N–H and O–H groups in total. The minimum Gasteiger partial charge on any atom is -0.481 e. The van der Waals surface area contributed by atoms with E-state index in [1.54, 1.807) is 0 Å². The molecule has 0 saturated heterocycles. The lowest BCUT2D eigenvalue weighted by atomic mass is 10.00. The topological polar surface area (TPSA) is 58.6 Å². The van der Waals surface area contributed by atoms with Crippen molar-refractivity contribution in [1.82, 2.24) is 5.32 Å². The SMILES string of the molecule is O=C(O)CCCOC1NCCc2ccccc21. The fraction of sp³-hybridized carbons (Fsp3) is 0.462. The summed E-state index contributed by atoms with van der Waals surface area (Å²) in [5.74, 6) is -0.773. The Hall–Kier alpha value is -1.39. The molecule has 2 rings (SSSR count). The Morgan fingerprint density at radius 2 is 2.29 bits per heavy atom. The Balaban J connectivity index is 1.88. The van der Waals surface area contributed by atoms with Crippen molar-refractivity contribution in [1.29, 1.82) is 0 Å². The molecule has 92 valence electrons. The molecule has 4 nitrogen and oxygen atoms in total. The lowest BCUT2D eigenvalue weighted by Gasteiger charge is -2.26. The molecule has 0 bridgehead atoms. The maximum absolute atomic E-state index is 10.4. The van der Waals surface area contributed by atoms with Crippen molar-refractivity contribution in [3.8, 4) is 0 Å². The van der Waals surface area contributed by atoms with Crippen LogP contribution in [0.4, 0.5) is 0 Å². The van der Waals surface area contributed by atoms with Gasteiger partial charge in [-0.1, -0.05) is 24.3 Å². The van der Waals surface area contributed by atoms with Crippen molar-refractivity contribution >= 4 is 5.97 Å². The first-order chi connectivity index (χ1) is 8.27. The average Bonchev–Trinajstić information content (AvgIpc) is 2.34. The summed E-state index contributed by atoms with van der Waals surface area (Å²) in [4.78, 5) is 10.4. The predicted octanol–water partition coefficient (Wildman–Crippen LogP) is 1.71. The Labute approximate surface area is 101 Å². The number of carbonyl (C=O) groups is 1. The molecule has 0 aromatic heterocycles. The molecule has 4 heteroatoms. The lowest BCUT2D eigenvalue weighted by Crippen LogP contribution is -2.31. The van der Waals surface area contributed by atoms with Gasteiger partial charge in [-0.25, -0.2) is 0 Å². The molecular formula is C13H17NO3. The van der Waals surface area contributed by atoms with Crippen molar-refractivity contribution in [2.75, 3.05) is 13.2 Å². The summed E-state index contributed by atoms with van der Waals surface area (Å²) < 4.78 is 5.69. The molecule has 0 amide bonds. The minimum absolute atomic E-state index is 0.0891. The first-order valence-corrected chi connectivity index (χ1v) is 5.92. The zero-order valence-electron chi connectivity index (χ0n) is 9.69. The molecule has 1 aromatic rings. The predicted molar refractivity (Wildman–Crippen MR) is 63.7 cm³/mol. The number of fused-ring (bicyclic) bond motifs is 1. The second-order valence-corrected chi connectivity index (χ2v) is 4.15. The van der Waals surface area contributed by atoms with Crippen LogP contribution in [0.25, 0.3) is 0 Å². The van der Waals surface area contributed by atoms with Gasteiger partial charge in [0.15, 0.2) is 0 Å². The van der Waals surface area contributed by atoms with Gasteiger partial charge in [-0.05, 0) is 24.0 Å². The second-order valence-electron chi connectivity index (χ2n) is 4.15. The van der Waals surface area contributed by atoms with Gasteiger partial charge in [-0.3, -0.25) is 10.1 Å². The number of ether oxygens (including phenoxy) is 1. The number of hydrogen-bond acceptors (Lipinski definition) is 3. The van der Waals surface area contributed by atoms with E-state index in [-0.39, 0.29) is 12.6 Å². The van der Waals surface area contributed by atoms with Crippen molar-refractivity contribution in [2.45, 2.75) is 25.5 Å². The van der Waals surface area contributed by atoms with Gasteiger partial charge in [-0.15, -0.1) is 0 Å². The van der Waals surface area contributed by atoms with Crippen LogP contribution < -0.4 is 5.32 Å². The van der Waals surface area contributed by atoms with Crippen LogP contribution in [-0.4, -0.2) is 24.2 Å². The molecule has 0 fully saturated rings. The molecule has 1 heterocycles. The maximum atomic E-state index is 10.4. The molecule has 0 saturated carbocycles.